The minimum Gasteiger partial charge on any atom is -0.480 e. The Morgan fingerprint density at radius 1 is 1.00 bits per heavy atom. The van der Waals surface area contributed by atoms with Crippen LogP contribution in [0.4, 0.5) is 0 Å². The van der Waals surface area contributed by atoms with Gasteiger partial charge in [0.25, 0.3) is 0 Å². The SMILES string of the molecule is CNC(C)(CCCOCCOCCOCCOC)C(=O)O. The molecule has 2 N–H and O–H groups in total. The normalized spacial score (nSPS) is 14.0. The molecule has 0 aliphatic heterocycles. The molecule has 0 rings (SSSR count). The average molecular weight is 307 g/mol. The smallest absolute Gasteiger partial charge is 0.323 e. The highest BCUT2D eigenvalue weighted by molar-refractivity contribution is 5.78. The Morgan fingerprint density at radius 2 is 1.48 bits per heavy atom. The highest BCUT2D eigenvalue weighted by atomic mass is 16.6. The zero-order chi connectivity index (χ0) is 16.0. The summed E-state index contributed by atoms with van der Waals surface area (Å²) in [5, 5.41) is 11.9. The molecule has 7 nitrogen and oxygen atoms in total. The van der Waals surface area contributed by atoms with E-state index in [0.29, 0.717) is 59.1 Å². The van der Waals surface area contributed by atoms with Gasteiger partial charge in [0.1, 0.15) is 5.54 Å². The van der Waals surface area contributed by atoms with Crippen LogP contribution in [0.2, 0.25) is 0 Å². The van der Waals surface area contributed by atoms with Gasteiger partial charge in [-0.1, -0.05) is 0 Å². The van der Waals surface area contributed by atoms with Gasteiger partial charge in [0.2, 0.25) is 0 Å². The molecule has 21 heavy (non-hydrogen) atoms. The van der Waals surface area contributed by atoms with Crippen molar-refractivity contribution in [3.8, 4) is 0 Å². The van der Waals surface area contributed by atoms with Crippen molar-refractivity contribution < 1.29 is 28.8 Å². The summed E-state index contributed by atoms with van der Waals surface area (Å²) in [6, 6.07) is 0. The monoisotopic (exact) mass is 307 g/mol. The van der Waals surface area contributed by atoms with Crippen LogP contribution in [0.15, 0.2) is 0 Å². The van der Waals surface area contributed by atoms with Crippen molar-refractivity contribution in [1.29, 1.82) is 0 Å². The number of hydrogen-bond donors (Lipinski definition) is 2. The Bertz CT molecular complexity index is 264. The van der Waals surface area contributed by atoms with E-state index in [0.717, 1.165) is 0 Å². The second-order valence-electron chi connectivity index (χ2n) is 4.82. The summed E-state index contributed by atoms with van der Waals surface area (Å²) in [5.41, 5.74) is -0.889. The van der Waals surface area contributed by atoms with E-state index in [1.165, 1.54) is 0 Å². The lowest BCUT2D eigenvalue weighted by atomic mass is 9.96. The second-order valence-corrected chi connectivity index (χ2v) is 4.82. The van der Waals surface area contributed by atoms with Gasteiger partial charge in [0.15, 0.2) is 0 Å². The first kappa shape index (κ1) is 20.3. The fourth-order valence-corrected chi connectivity index (χ4v) is 1.55. The van der Waals surface area contributed by atoms with Crippen LogP contribution in [0.3, 0.4) is 0 Å². The van der Waals surface area contributed by atoms with Crippen LogP contribution in [0.25, 0.3) is 0 Å². The third kappa shape index (κ3) is 10.6. The average Bonchev–Trinajstić information content (AvgIpc) is 2.47. The van der Waals surface area contributed by atoms with Crippen molar-refractivity contribution in [3.05, 3.63) is 0 Å². The lowest BCUT2D eigenvalue weighted by Crippen LogP contribution is -2.47. The molecule has 0 spiro atoms. The van der Waals surface area contributed by atoms with Crippen molar-refractivity contribution in [2.75, 3.05) is 60.4 Å². The number of likely N-dealkylation sites (N-methyl/N-ethyl adjacent to an activating group) is 1. The number of carboxylic acid groups (broad SMARTS) is 1. The highest BCUT2D eigenvalue weighted by Gasteiger charge is 2.30. The molecule has 0 heterocycles. The third-order valence-electron chi connectivity index (χ3n) is 3.17. The van der Waals surface area contributed by atoms with E-state index in [1.54, 1.807) is 21.1 Å². The molecule has 0 aliphatic rings. The molecule has 0 aromatic heterocycles. The highest BCUT2D eigenvalue weighted by Crippen LogP contribution is 2.11. The third-order valence-corrected chi connectivity index (χ3v) is 3.17. The van der Waals surface area contributed by atoms with Crippen LogP contribution < -0.4 is 5.32 Å². The number of rotatable bonds is 15. The largest absolute Gasteiger partial charge is 0.480 e. The van der Waals surface area contributed by atoms with Gasteiger partial charge in [-0.2, -0.15) is 0 Å². The fourth-order valence-electron chi connectivity index (χ4n) is 1.55. The molecular weight excluding hydrogens is 278 g/mol. The maximum Gasteiger partial charge on any atom is 0.323 e. The van der Waals surface area contributed by atoms with Crippen LogP contribution in [0.1, 0.15) is 19.8 Å². The molecule has 0 bridgehead atoms. The number of aliphatic carboxylic acids is 1. The zero-order valence-corrected chi connectivity index (χ0v) is 13.4. The van der Waals surface area contributed by atoms with Crippen molar-refractivity contribution >= 4 is 5.97 Å². The molecule has 0 saturated carbocycles. The van der Waals surface area contributed by atoms with Crippen LogP contribution in [-0.2, 0) is 23.7 Å². The molecule has 126 valence electrons. The van der Waals surface area contributed by atoms with Gasteiger partial charge in [-0.15, -0.1) is 0 Å². The number of carboxylic acids is 1. The number of ether oxygens (including phenoxy) is 4. The Hall–Kier alpha value is -0.730. The van der Waals surface area contributed by atoms with Crippen LogP contribution >= 0.6 is 0 Å². The minimum absolute atomic E-state index is 0.501. The van der Waals surface area contributed by atoms with Gasteiger partial charge in [0, 0.05) is 13.7 Å². The van der Waals surface area contributed by atoms with Crippen molar-refractivity contribution in [2.45, 2.75) is 25.3 Å². The first-order valence-corrected chi connectivity index (χ1v) is 7.21. The second kappa shape index (κ2) is 13.0. The number of methoxy groups -OCH3 is 1. The molecular formula is C14H29NO6. The number of carbonyl (C=O) groups is 1. The molecule has 0 fully saturated rings. The Balaban J connectivity index is 3.31. The Labute approximate surface area is 126 Å². The van der Waals surface area contributed by atoms with Crippen molar-refractivity contribution in [2.24, 2.45) is 0 Å². The van der Waals surface area contributed by atoms with Crippen molar-refractivity contribution in [3.63, 3.8) is 0 Å². The Morgan fingerprint density at radius 3 is 1.90 bits per heavy atom. The predicted molar refractivity (Wildman–Crippen MR) is 78.7 cm³/mol. The maximum atomic E-state index is 11.0. The summed E-state index contributed by atoms with van der Waals surface area (Å²) in [4.78, 5) is 11.0. The standard InChI is InChI=1S/C14H29NO6/c1-14(15-2,13(16)17)5-4-6-19-9-10-21-12-11-20-8-7-18-3/h15H,4-12H2,1-3H3,(H,16,17). The van der Waals surface area contributed by atoms with Gasteiger partial charge < -0.3 is 29.4 Å². The summed E-state index contributed by atoms with van der Waals surface area (Å²) in [6.07, 6.45) is 1.21. The first-order valence-electron chi connectivity index (χ1n) is 7.21. The van der Waals surface area contributed by atoms with Crippen LogP contribution in [0, 0.1) is 0 Å². The Kier molecular flexibility index (Phi) is 12.5. The fraction of sp³-hybridized carbons (Fsp3) is 0.929. The lowest BCUT2D eigenvalue weighted by molar-refractivity contribution is -0.144. The quantitative estimate of drug-likeness (QED) is 0.427. The van der Waals surface area contributed by atoms with Gasteiger partial charge in [0.05, 0.1) is 39.6 Å². The van der Waals surface area contributed by atoms with E-state index in [9.17, 15) is 4.79 Å². The van der Waals surface area contributed by atoms with Gasteiger partial charge in [-0.25, -0.2) is 0 Å². The number of hydrogen-bond acceptors (Lipinski definition) is 6. The summed E-state index contributed by atoms with van der Waals surface area (Å²) < 4.78 is 20.8. The van der Waals surface area contributed by atoms with Crippen LogP contribution in [0.5, 0.6) is 0 Å². The topological polar surface area (TPSA) is 86.3 Å². The molecule has 0 amide bonds. The molecule has 0 aromatic rings. The molecule has 1 atom stereocenters. The van der Waals surface area contributed by atoms with E-state index in [-0.39, 0.29) is 0 Å². The van der Waals surface area contributed by atoms with Gasteiger partial charge in [-0.05, 0) is 26.8 Å². The van der Waals surface area contributed by atoms with E-state index in [1.807, 2.05) is 0 Å². The molecule has 0 aliphatic carbocycles. The summed E-state index contributed by atoms with van der Waals surface area (Å²) >= 11 is 0. The van der Waals surface area contributed by atoms with Crippen molar-refractivity contribution in [1.82, 2.24) is 5.32 Å². The zero-order valence-electron chi connectivity index (χ0n) is 13.4. The van der Waals surface area contributed by atoms with Gasteiger partial charge in [-0.3, -0.25) is 4.79 Å². The van der Waals surface area contributed by atoms with E-state index < -0.39 is 11.5 Å². The molecule has 1 unspecified atom stereocenters. The molecule has 0 saturated heterocycles. The lowest BCUT2D eigenvalue weighted by Gasteiger charge is -2.23. The molecule has 7 heteroatoms. The summed E-state index contributed by atoms with van der Waals surface area (Å²) in [7, 11) is 3.28. The van der Waals surface area contributed by atoms with E-state index in [4.69, 9.17) is 24.1 Å². The first-order chi connectivity index (χ1) is 10.1. The van der Waals surface area contributed by atoms with Crippen LogP contribution in [-0.4, -0.2) is 77.0 Å². The summed E-state index contributed by atoms with van der Waals surface area (Å²) in [6.45, 7) is 5.44. The maximum absolute atomic E-state index is 11.0. The van der Waals surface area contributed by atoms with Gasteiger partial charge >= 0.3 is 5.97 Å². The predicted octanol–water partition coefficient (Wildman–Crippen LogP) is 0.526. The van der Waals surface area contributed by atoms with E-state index in [2.05, 4.69) is 5.32 Å². The minimum atomic E-state index is -0.889. The molecule has 0 aromatic carbocycles. The summed E-state index contributed by atoms with van der Waals surface area (Å²) in [5.74, 6) is -0.846. The number of nitrogens with one attached hydrogen (secondary N) is 1. The molecule has 0 radical (unpaired) electrons. The van der Waals surface area contributed by atoms with E-state index >= 15 is 0 Å².